The number of hydrogen-bond acceptors (Lipinski definition) is 6. The maximum atomic E-state index is 13.1. The minimum Gasteiger partial charge on any atom is -0.493 e. The molecule has 2 heterocycles. The summed E-state index contributed by atoms with van der Waals surface area (Å²) < 4.78 is 50.2. The number of alkyl halides is 3. The number of halogens is 3. The van der Waals surface area contributed by atoms with Crippen LogP contribution >= 0.6 is 0 Å². The minimum atomic E-state index is -4.57. The van der Waals surface area contributed by atoms with Crippen molar-refractivity contribution in [1.29, 1.82) is 0 Å². The fraction of sp³-hybridized carbons (Fsp3) is 0.429. The molecule has 3 rings (SSSR count). The molecule has 0 aliphatic heterocycles. The molecular formula is C21H22F3N5O2. The van der Waals surface area contributed by atoms with Gasteiger partial charge < -0.3 is 19.0 Å². The number of anilines is 1. The van der Waals surface area contributed by atoms with E-state index in [0.29, 0.717) is 43.3 Å². The van der Waals surface area contributed by atoms with Crippen LogP contribution in [-0.4, -0.2) is 35.3 Å². The SMILES string of the molecule is [C-]#[N+]Cc1cnc(N(C)CCCOc2ccc3c(C(F)(F)F)noc3c2CCC)nc1. The normalized spacial score (nSPS) is 11.5. The predicted molar refractivity (Wildman–Crippen MR) is 109 cm³/mol. The van der Waals surface area contributed by atoms with Gasteiger partial charge in [0.2, 0.25) is 12.5 Å². The summed E-state index contributed by atoms with van der Waals surface area (Å²) in [5, 5.41) is 3.18. The molecule has 31 heavy (non-hydrogen) atoms. The van der Waals surface area contributed by atoms with Gasteiger partial charge in [-0.3, -0.25) is 0 Å². The molecule has 0 radical (unpaired) electrons. The van der Waals surface area contributed by atoms with Crippen molar-refractivity contribution in [2.75, 3.05) is 25.1 Å². The molecule has 0 unspecified atom stereocenters. The van der Waals surface area contributed by atoms with Crippen LogP contribution < -0.4 is 9.64 Å². The summed E-state index contributed by atoms with van der Waals surface area (Å²) in [6, 6.07) is 2.89. The van der Waals surface area contributed by atoms with Crippen LogP contribution in [0.5, 0.6) is 5.75 Å². The highest BCUT2D eigenvalue weighted by atomic mass is 19.4. The molecule has 1 aromatic carbocycles. The van der Waals surface area contributed by atoms with Gasteiger partial charge in [-0.2, -0.15) is 13.2 Å². The van der Waals surface area contributed by atoms with Gasteiger partial charge in [0.15, 0.2) is 11.3 Å². The summed E-state index contributed by atoms with van der Waals surface area (Å²) >= 11 is 0. The lowest BCUT2D eigenvalue weighted by Gasteiger charge is -2.17. The van der Waals surface area contributed by atoms with Gasteiger partial charge in [-0.1, -0.05) is 18.5 Å². The van der Waals surface area contributed by atoms with Crippen molar-refractivity contribution in [3.8, 4) is 5.75 Å². The van der Waals surface area contributed by atoms with Gasteiger partial charge in [-0.15, -0.1) is 0 Å². The maximum absolute atomic E-state index is 13.1. The van der Waals surface area contributed by atoms with E-state index in [-0.39, 0.29) is 17.5 Å². The van der Waals surface area contributed by atoms with E-state index in [1.807, 2.05) is 18.9 Å². The Labute approximate surface area is 177 Å². The van der Waals surface area contributed by atoms with Crippen molar-refractivity contribution in [2.45, 2.75) is 38.9 Å². The van der Waals surface area contributed by atoms with Gasteiger partial charge >= 0.3 is 6.18 Å². The van der Waals surface area contributed by atoms with Crippen molar-refractivity contribution in [3.05, 3.63) is 52.8 Å². The van der Waals surface area contributed by atoms with Crippen LogP contribution in [0.1, 0.15) is 36.6 Å². The van der Waals surface area contributed by atoms with Crippen LogP contribution in [0, 0.1) is 6.57 Å². The van der Waals surface area contributed by atoms with Crippen molar-refractivity contribution in [3.63, 3.8) is 0 Å². The Morgan fingerprint density at radius 1 is 1.23 bits per heavy atom. The van der Waals surface area contributed by atoms with Crippen LogP contribution in [-0.2, 0) is 19.1 Å². The summed E-state index contributed by atoms with van der Waals surface area (Å²) in [5.74, 6) is 1.05. The zero-order valence-electron chi connectivity index (χ0n) is 17.2. The zero-order chi connectivity index (χ0) is 22.4. The highest BCUT2D eigenvalue weighted by Crippen LogP contribution is 2.38. The van der Waals surface area contributed by atoms with E-state index < -0.39 is 11.9 Å². The van der Waals surface area contributed by atoms with E-state index in [4.69, 9.17) is 15.8 Å². The van der Waals surface area contributed by atoms with E-state index >= 15 is 0 Å². The Morgan fingerprint density at radius 2 is 1.97 bits per heavy atom. The smallest absolute Gasteiger partial charge is 0.437 e. The Morgan fingerprint density at radius 3 is 2.61 bits per heavy atom. The Kier molecular flexibility index (Phi) is 6.95. The van der Waals surface area contributed by atoms with Gasteiger partial charge in [0.05, 0.1) is 17.6 Å². The number of aromatic nitrogens is 3. The molecule has 0 spiro atoms. The molecule has 0 N–H and O–H groups in total. The van der Waals surface area contributed by atoms with E-state index in [2.05, 4.69) is 20.0 Å². The molecule has 0 aliphatic carbocycles. The standard InChI is InChI=1S/C21H22F3N5O2/c1-4-6-15-17(8-7-16-18(15)31-28-19(16)21(22,23)24)30-10-5-9-29(3)20-26-12-14(11-25-2)13-27-20/h7-8,12-13H,4-6,9-11H2,1,3H3. The first-order valence-corrected chi connectivity index (χ1v) is 9.81. The van der Waals surface area contributed by atoms with Gasteiger partial charge in [-0.05, 0) is 25.0 Å². The average Bonchev–Trinajstić information content (AvgIpc) is 3.18. The second kappa shape index (κ2) is 9.64. The highest BCUT2D eigenvalue weighted by molar-refractivity contribution is 5.85. The number of rotatable bonds is 9. The first kappa shape index (κ1) is 22.3. The molecule has 164 valence electrons. The number of aryl methyl sites for hydroxylation is 1. The molecule has 0 aliphatic rings. The molecule has 0 bridgehead atoms. The second-order valence-corrected chi connectivity index (χ2v) is 7.03. The van der Waals surface area contributed by atoms with Gasteiger partial charge in [0.25, 0.3) is 0 Å². The molecule has 0 fully saturated rings. The average molecular weight is 433 g/mol. The van der Waals surface area contributed by atoms with E-state index in [0.717, 1.165) is 12.0 Å². The lowest BCUT2D eigenvalue weighted by molar-refractivity contribution is -0.141. The van der Waals surface area contributed by atoms with Gasteiger partial charge in [-0.25, -0.2) is 16.5 Å². The second-order valence-electron chi connectivity index (χ2n) is 7.03. The van der Waals surface area contributed by atoms with Crippen LogP contribution in [0.2, 0.25) is 0 Å². The predicted octanol–water partition coefficient (Wildman–Crippen LogP) is 4.91. The molecule has 0 saturated heterocycles. The topological polar surface area (TPSA) is 68.6 Å². The first-order chi connectivity index (χ1) is 14.8. The third kappa shape index (κ3) is 5.23. The first-order valence-electron chi connectivity index (χ1n) is 9.81. The molecule has 10 heteroatoms. The summed E-state index contributed by atoms with van der Waals surface area (Å²) in [4.78, 5) is 13.7. The molecule has 2 aromatic heterocycles. The van der Waals surface area contributed by atoms with Crippen LogP contribution in [0.25, 0.3) is 15.8 Å². The van der Waals surface area contributed by atoms with Crippen molar-refractivity contribution in [2.24, 2.45) is 0 Å². The zero-order valence-corrected chi connectivity index (χ0v) is 17.2. The largest absolute Gasteiger partial charge is 0.493 e. The number of benzene rings is 1. The Hall–Kier alpha value is -3.35. The monoisotopic (exact) mass is 433 g/mol. The maximum Gasteiger partial charge on any atom is 0.437 e. The minimum absolute atomic E-state index is 0.0538. The lowest BCUT2D eigenvalue weighted by atomic mass is 10.0. The van der Waals surface area contributed by atoms with Crippen molar-refractivity contribution in [1.82, 2.24) is 15.1 Å². The summed E-state index contributed by atoms with van der Waals surface area (Å²) in [6.07, 6.45) is 0.582. The van der Waals surface area contributed by atoms with Gasteiger partial charge in [0.1, 0.15) is 5.75 Å². The van der Waals surface area contributed by atoms with Crippen molar-refractivity contribution >= 4 is 16.9 Å². The number of nitrogens with zero attached hydrogens (tertiary/aromatic N) is 5. The van der Waals surface area contributed by atoms with E-state index in [9.17, 15) is 13.2 Å². The number of hydrogen-bond donors (Lipinski definition) is 0. The Balaban J connectivity index is 1.64. The van der Waals surface area contributed by atoms with E-state index in [1.165, 1.54) is 6.07 Å². The molecule has 3 aromatic rings. The fourth-order valence-corrected chi connectivity index (χ4v) is 3.17. The van der Waals surface area contributed by atoms with Crippen LogP contribution in [0.3, 0.4) is 0 Å². The molecule has 7 nitrogen and oxygen atoms in total. The van der Waals surface area contributed by atoms with Gasteiger partial charge in [0, 0.05) is 31.5 Å². The molecular weight excluding hydrogens is 411 g/mol. The number of ether oxygens (including phenoxy) is 1. The lowest BCUT2D eigenvalue weighted by Crippen LogP contribution is -2.22. The quantitative estimate of drug-likeness (QED) is 0.353. The summed E-state index contributed by atoms with van der Waals surface area (Å²) in [5.41, 5.74) is 0.456. The summed E-state index contributed by atoms with van der Waals surface area (Å²) in [7, 11) is 1.85. The highest BCUT2D eigenvalue weighted by Gasteiger charge is 2.37. The van der Waals surface area contributed by atoms with E-state index in [1.54, 1.807) is 18.5 Å². The third-order valence-corrected chi connectivity index (χ3v) is 4.66. The van der Waals surface area contributed by atoms with Crippen LogP contribution in [0.4, 0.5) is 19.1 Å². The third-order valence-electron chi connectivity index (χ3n) is 4.66. The molecule has 0 atom stereocenters. The molecule has 0 amide bonds. The number of fused-ring (bicyclic) bond motifs is 1. The van der Waals surface area contributed by atoms with Crippen molar-refractivity contribution < 1.29 is 22.4 Å². The molecule has 0 saturated carbocycles. The summed E-state index contributed by atoms with van der Waals surface area (Å²) in [6.45, 7) is 10.0. The fourth-order valence-electron chi connectivity index (χ4n) is 3.17. The van der Waals surface area contributed by atoms with Crippen LogP contribution in [0.15, 0.2) is 29.0 Å². The Bertz CT molecular complexity index is 1060.